The second-order valence-electron chi connectivity index (χ2n) is 6.82. The van der Waals surface area contributed by atoms with Gasteiger partial charge in [0.1, 0.15) is 5.69 Å². The summed E-state index contributed by atoms with van der Waals surface area (Å²) in [7, 11) is 0. The lowest BCUT2D eigenvalue weighted by Crippen LogP contribution is -2.49. The van der Waals surface area contributed by atoms with Crippen LogP contribution in [0.2, 0.25) is 0 Å². The lowest BCUT2D eigenvalue weighted by atomic mass is 10.2. The Morgan fingerprint density at radius 3 is 2.50 bits per heavy atom. The van der Waals surface area contributed by atoms with Crippen molar-refractivity contribution in [1.29, 1.82) is 0 Å². The predicted octanol–water partition coefficient (Wildman–Crippen LogP) is 3.18. The fourth-order valence-electron chi connectivity index (χ4n) is 3.51. The Morgan fingerprint density at radius 2 is 1.71 bits per heavy atom. The normalized spacial score (nSPS) is 14.6. The van der Waals surface area contributed by atoms with Crippen molar-refractivity contribution in [3.8, 4) is 11.5 Å². The van der Waals surface area contributed by atoms with Gasteiger partial charge in [-0.25, -0.2) is 0 Å². The molecule has 140 valence electrons. The number of anilines is 1. The molecule has 0 unspecified atom stereocenters. The Balaban J connectivity index is 1.26. The molecule has 28 heavy (non-hydrogen) atoms. The first kappa shape index (κ1) is 16.6. The molecule has 1 fully saturated rings. The fraction of sp³-hybridized carbons (Fsp3) is 0.190. The van der Waals surface area contributed by atoms with Crippen LogP contribution in [-0.4, -0.2) is 52.1 Å². The Morgan fingerprint density at radius 1 is 0.964 bits per heavy atom. The fourth-order valence-corrected chi connectivity index (χ4v) is 3.51. The summed E-state index contributed by atoms with van der Waals surface area (Å²) in [6.45, 7) is 2.56. The molecule has 0 saturated carbocycles. The molecule has 1 N–H and O–H groups in total. The van der Waals surface area contributed by atoms with Crippen LogP contribution in [0.1, 0.15) is 10.5 Å². The molecule has 1 aliphatic heterocycles. The SMILES string of the molecule is O=C(c1cc2ccccc2[nH]1)N1CCN(c2noc(-c3ccccc3)n2)CC1. The third kappa shape index (κ3) is 3.00. The third-order valence-electron chi connectivity index (χ3n) is 5.05. The number of hydrogen-bond acceptors (Lipinski definition) is 5. The van der Waals surface area contributed by atoms with Crippen molar-refractivity contribution >= 4 is 22.8 Å². The Kier molecular flexibility index (Phi) is 4.05. The summed E-state index contributed by atoms with van der Waals surface area (Å²) in [5, 5.41) is 5.15. The molecule has 0 atom stereocenters. The van der Waals surface area contributed by atoms with Gasteiger partial charge in [-0.05, 0) is 29.4 Å². The van der Waals surface area contributed by atoms with Crippen molar-refractivity contribution in [2.45, 2.75) is 0 Å². The van der Waals surface area contributed by atoms with E-state index in [1.165, 1.54) is 0 Å². The molecule has 4 aromatic rings. The van der Waals surface area contributed by atoms with Gasteiger partial charge in [-0.2, -0.15) is 4.98 Å². The van der Waals surface area contributed by atoms with E-state index in [2.05, 4.69) is 15.1 Å². The Bertz CT molecular complexity index is 1080. The van der Waals surface area contributed by atoms with E-state index in [1.807, 2.05) is 70.5 Å². The van der Waals surface area contributed by atoms with Gasteiger partial charge in [0, 0.05) is 42.6 Å². The average Bonchev–Trinajstić information content (AvgIpc) is 3.41. The van der Waals surface area contributed by atoms with Gasteiger partial charge < -0.3 is 19.3 Å². The van der Waals surface area contributed by atoms with E-state index < -0.39 is 0 Å². The van der Waals surface area contributed by atoms with Crippen molar-refractivity contribution in [2.24, 2.45) is 0 Å². The molecule has 7 heteroatoms. The van der Waals surface area contributed by atoms with Crippen molar-refractivity contribution in [2.75, 3.05) is 31.1 Å². The highest BCUT2D eigenvalue weighted by Gasteiger charge is 2.25. The number of rotatable bonds is 3. The minimum atomic E-state index is 0.0222. The first-order valence-electron chi connectivity index (χ1n) is 9.29. The molecule has 7 nitrogen and oxygen atoms in total. The lowest BCUT2D eigenvalue weighted by molar-refractivity contribution is 0.0741. The van der Waals surface area contributed by atoms with Gasteiger partial charge >= 0.3 is 0 Å². The zero-order valence-corrected chi connectivity index (χ0v) is 15.2. The van der Waals surface area contributed by atoms with Crippen molar-refractivity contribution in [1.82, 2.24) is 20.0 Å². The minimum absolute atomic E-state index is 0.0222. The largest absolute Gasteiger partial charge is 0.351 e. The standard InChI is InChI=1S/C21H19N5O2/c27-20(18-14-16-8-4-5-9-17(16)22-18)25-10-12-26(13-11-25)21-23-19(28-24-21)15-6-2-1-3-7-15/h1-9,14,22H,10-13H2. The van der Waals surface area contributed by atoms with Gasteiger partial charge in [-0.1, -0.05) is 36.4 Å². The number of H-pyrrole nitrogens is 1. The molecule has 1 amide bonds. The smallest absolute Gasteiger partial charge is 0.270 e. The molecular weight excluding hydrogens is 354 g/mol. The maximum absolute atomic E-state index is 12.8. The molecule has 0 spiro atoms. The van der Waals surface area contributed by atoms with Crippen LogP contribution in [0.25, 0.3) is 22.4 Å². The molecule has 0 radical (unpaired) electrons. The van der Waals surface area contributed by atoms with Crippen LogP contribution in [-0.2, 0) is 0 Å². The topological polar surface area (TPSA) is 78.3 Å². The lowest BCUT2D eigenvalue weighted by Gasteiger charge is -2.33. The van der Waals surface area contributed by atoms with Crippen LogP contribution in [0, 0.1) is 0 Å². The summed E-state index contributed by atoms with van der Waals surface area (Å²) < 4.78 is 5.39. The highest BCUT2D eigenvalue weighted by atomic mass is 16.5. The number of nitrogens with one attached hydrogen (secondary N) is 1. The van der Waals surface area contributed by atoms with E-state index in [0.29, 0.717) is 43.7 Å². The maximum Gasteiger partial charge on any atom is 0.270 e. The number of benzene rings is 2. The molecule has 0 bridgehead atoms. The maximum atomic E-state index is 12.8. The number of fused-ring (bicyclic) bond motifs is 1. The quantitative estimate of drug-likeness (QED) is 0.597. The van der Waals surface area contributed by atoms with Gasteiger partial charge in [-0.15, -0.1) is 0 Å². The van der Waals surface area contributed by atoms with E-state index in [0.717, 1.165) is 16.5 Å². The van der Waals surface area contributed by atoms with Crippen LogP contribution < -0.4 is 4.90 Å². The van der Waals surface area contributed by atoms with Crippen LogP contribution >= 0.6 is 0 Å². The number of para-hydroxylation sites is 1. The zero-order valence-electron chi connectivity index (χ0n) is 15.2. The van der Waals surface area contributed by atoms with E-state index in [9.17, 15) is 4.79 Å². The molecule has 3 heterocycles. The number of aromatic nitrogens is 3. The number of nitrogens with zero attached hydrogens (tertiary/aromatic N) is 4. The number of amides is 1. The molecule has 0 aliphatic carbocycles. The van der Waals surface area contributed by atoms with Crippen LogP contribution in [0.3, 0.4) is 0 Å². The van der Waals surface area contributed by atoms with Gasteiger partial charge in [0.2, 0.25) is 0 Å². The minimum Gasteiger partial charge on any atom is -0.351 e. The number of aromatic amines is 1. The second kappa shape index (κ2) is 6.84. The third-order valence-corrected chi connectivity index (χ3v) is 5.05. The number of hydrogen-bond donors (Lipinski definition) is 1. The van der Waals surface area contributed by atoms with Crippen molar-refractivity contribution in [3.63, 3.8) is 0 Å². The molecular formula is C21H19N5O2. The predicted molar refractivity (Wildman–Crippen MR) is 106 cm³/mol. The Hall–Kier alpha value is -3.61. The Labute approximate surface area is 161 Å². The summed E-state index contributed by atoms with van der Waals surface area (Å²) in [6, 6.07) is 19.5. The molecule has 5 rings (SSSR count). The highest BCUT2D eigenvalue weighted by molar-refractivity contribution is 5.98. The summed E-state index contributed by atoms with van der Waals surface area (Å²) in [5.41, 5.74) is 2.50. The van der Waals surface area contributed by atoms with E-state index >= 15 is 0 Å². The van der Waals surface area contributed by atoms with Crippen LogP contribution in [0.15, 0.2) is 65.2 Å². The number of carbonyl (C=O) groups is 1. The summed E-state index contributed by atoms with van der Waals surface area (Å²) in [4.78, 5) is 24.4. The van der Waals surface area contributed by atoms with Crippen molar-refractivity contribution < 1.29 is 9.32 Å². The monoisotopic (exact) mass is 373 g/mol. The molecule has 2 aromatic heterocycles. The second-order valence-corrected chi connectivity index (χ2v) is 6.82. The van der Waals surface area contributed by atoms with Gasteiger partial charge in [0.05, 0.1) is 0 Å². The first-order valence-corrected chi connectivity index (χ1v) is 9.29. The van der Waals surface area contributed by atoms with Crippen LogP contribution in [0.5, 0.6) is 0 Å². The number of piperazine rings is 1. The molecule has 1 saturated heterocycles. The zero-order chi connectivity index (χ0) is 18.9. The van der Waals surface area contributed by atoms with Gasteiger partial charge in [0.25, 0.3) is 17.7 Å². The van der Waals surface area contributed by atoms with Crippen molar-refractivity contribution in [3.05, 3.63) is 66.4 Å². The van der Waals surface area contributed by atoms with E-state index in [4.69, 9.17) is 4.52 Å². The highest BCUT2D eigenvalue weighted by Crippen LogP contribution is 2.21. The first-order chi connectivity index (χ1) is 13.8. The molecule has 2 aromatic carbocycles. The summed E-state index contributed by atoms with van der Waals surface area (Å²) in [5.74, 6) is 1.10. The average molecular weight is 373 g/mol. The van der Waals surface area contributed by atoms with Gasteiger partial charge in [0.15, 0.2) is 0 Å². The van der Waals surface area contributed by atoms with Gasteiger partial charge in [-0.3, -0.25) is 4.79 Å². The van der Waals surface area contributed by atoms with E-state index in [-0.39, 0.29) is 5.91 Å². The van der Waals surface area contributed by atoms with E-state index in [1.54, 1.807) is 0 Å². The summed E-state index contributed by atoms with van der Waals surface area (Å²) >= 11 is 0. The summed E-state index contributed by atoms with van der Waals surface area (Å²) in [6.07, 6.45) is 0. The molecule has 1 aliphatic rings. The van der Waals surface area contributed by atoms with Crippen LogP contribution in [0.4, 0.5) is 5.95 Å². The number of carbonyl (C=O) groups excluding carboxylic acids is 1.